The summed E-state index contributed by atoms with van der Waals surface area (Å²) in [6, 6.07) is 0. The van der Waals surface area contributed by atoms with E-state index in [0.717, 1.165) is 12.8 Å². The summed E-state index contributed by atoms with van der Waals surface area (Å²) in [6.45, 7) is 7.92. The van der Waals surface area contributed by atoms with Gasteiger partial charge in [0.25, 0.3) is 0 Å². The monoisotopic (exact) mass is 255 g/mol. The Labute approximate surface area is 109 Å². The Hall–Kier alpha value is -1.06. The van der Waals surface area contributed by atoms with Crippen LogP contribution in [0, 0.1) is 11.8 Å². The summed E-state index contributed by atoms with van der Waals surface area (Å²) in [5.74, 6) is 0.666. The number of carbonyl (C=O) groups excluding carboxylic acids is 2. The Kier molecular flexibility index (Phi) is 5.17. The van der Waals surface area contributed by atoms with Gasteiger partial charge in [-0.3, -0.25) is 4.79 Å². The predicted octanol–water partition coefficient (Wildman–Crippen LogP) is 2.91. The molecule has 0 spiro atoms. The predicted molar refractivity (Wildman–Crippen MR) is 70.4 cm³/mol. The van der Waals surface area contributed by atoms with E-state index in [9.17, 15) is 9.59 Å². The summed E-state index contributed by atoms with van der Waals surface area (Å²) in [5, 5.41) is 2.69. The molecule has 18 heavy (non-hydrogen) atoms. The molecule has 1 aliphatic carbocycles. The molecule has 0 radical (unpaired) electrons. The molecule has 1 rings (SSSR count). The largest absolute Gasteiger partial charge is 0.444 e. The van der Waals surface area contributed by atoms with Crippen LogP contribution in [-0.4, -0.2) is 24.0 Å². The number of nitrogens with one attached hydrogen (secondary N) is 1. The molecular formula is C14H25NO3. The second kappa shape index (κ2) is 6.21. The first kappa shape index (κ1) is 15.0. The van der Waals surface area contributed by atoms with E-state index in [1.54, 1.807) is 0 Å². The number of amides is 1. The van der Waals surface area contributed by atoms with Crippen molar-refractivity contribution in [2.45, 2.75) is 59.0 Å². The maximum atomic E-state index is 11.9. The van der Waals surface area contributed by atoms with Gasteiger partial charge in [0, 0.05) is 18.4 Å². The van der Waals surface area contributed by atoms with E-state index in [1.807, 2.05) is 27.7 Å². The van der Waals surface area contributed by atoms with Gasteiger partial charge in [-0.2, -0.15) is 0 Å². The van der Waals surface area contributed by atoms with E-state index < -0.39 is 11.7 Å². The third-order valence-corrected chi connectivity index (χ3v) is 3.24. The van der Waals surface area contributed by atoms with Gasteiger partial charge in [0.15, 0.2) is 0 Å². The highest BCUT2D eigenvalue weighted by atomic mass is 16.6. The molecule has 4 nitrogen and oxygen atoms in total. The molecule has 0 bridgehead atoms. The van der Waals surface area contributed by atoms with Crippen molar-refractivity contribution < 1.29 is 14.3 Å². The lowest BCUT2D eigenvalue weighted by Gasteiger charge is -2.26. The van der Waals surface area contributed by atoms with Crippen molar-refractivity contribution in [3.05, 3.63) is 0 Å². The molecule has 0 aromatic heterocycles. The Morgan fingerprint density at radius 3 is 2.39 bits per heavy atom. The number of ether oxygens (including phenoxy) is 1. The average molecular weight is 255 g/mol. The highest BCUT2D eigenvalue weighted by Gasteiger charge is 2.28. The lowest BCUT2D eigenvalue weighted by atomic mass is 9.77. The zero-order chi connectivity index (χ0) is 13.8. The molecule has 1 fully saturated rings. The standard InChI is InChI=1S/C14H25NO3/c1-10(12(16)11-6-5-7-11)8-9-15-13(17)18-14(2,3)4/h10-11H,5-9H2,1-4H3,(H,15,17). The molecular weight excluding hydrogens is 230 g/mol. The molecule has 1 N–H and O–H groups in total. The molecule has 1 atom stereocenters. The highest BCUT2D eigenvalue weighted by molar-refractivity contribution is 5.83. The summed E-state index contributed by atoms with van der Waals surface area (Å²) in [6.07, 6.45) is 3.55. The Morgan fingerprint density at radius 1 is 1.33 bits per heavy atom. The minimum atomic E-state index is -0.475. The number of hydrogen-bond acceptors (Lipinski definition) is 3. The Bertz CT molecular complexity index is 303. The van der Waals surface area contributed by atoms with Crippen LogP contribution in [0.25, 0.3) is 0 Å². The number of carbonyl (C=O) groups is 2. The quantitative estimate of drug-likeness (QED) is 0.821. The van der Waals surface area contributed by atoms with Crippen LogP contribution in [-0.2, 0) is 9.53 Å². The van der Waals surface area contributed by atoms with Crippen LogP contribution in [0.3, 0.4) is 0 Å². The molecule has 0 heterocycles. The topological polar surface area (TPSA) is 55.4 Å². The summed E-state index contributed by atoms with van der Waals surface area (Å²) in [5.41, 5.74) is -0.475. The van der Waals surface area contributed by atoms with E-state index in [1.165, 1.54) is 6.42 Å². The number of ketones is 1. The molecule has 0 aliphatic heterocycles. The zero-order valence-electron chi connectivity index (χ0n) is 11.9. The number of hydrogen-bond donors (Lipinski definition) is 1. The molecule has 1 aliphatic rings. The summed E-state index contributed by atoms with van der Waals surface area (Å²) in [4.78, 5) is 23.3. The van der Waals surface area contributed by atoms with Crippen molar-refractivity contribution in [2.75, 3.05) is 6.54 Å². The fourth-order valence-electron chi connectivity index (χ4n) is 1.94. The van der Waals surface area contributed by atoms with Crippen LogP contribution >= 0.6 is 0 Å². The molecule has 1 amide bonds. The molecule has 0 saturated heterocycles. The molecule has 4 heteroatoms. The second-order valence-electron chi connectivity index (χ2n) is 6.15. The number of alkyl carbamates (subject to hydrolysis) is 1. The summed E-state index contributed by atoms with van der Waals surface area (Å²) < 4.78 is 5.12. The first-order valence-electron chi connectivity index (χ1n) is 6.80. The van der Waals surface area contributed by atoms with Gasteiger partial charge < -0.3 is 10.1 Å². The normalized spacial score (nSPS) is 17.8. The maximum Gasteiger partial charge on any atom is 0.407 e. The zero-order valence-corrected chi connectivity index (χ0v) is 11.9. The molecule has 104 valence electrons. The third kappa shape index (κ3) is 5.07. The minimum absolute atomic E-state index is 0.0326. The second-order valence-corrected chi connectivity index (χ2v) is 6.15. The van der Waals surface area contributed by atoms with Gasteiger partial charge >= 0.3 is 6.09 Å². The number of rotatable bonds is 5. The third-order valence-electron chi connectivity index (χ3n) is 3.24. The van der Waals surface area contributed by atoms with E-state index in [2.05, 4.69) is 5.32 Å². The van der Waals surface area contributed by atoms with Crippen LogP contribution in [0.2, 0.25) is 0 Å². The maximum absolute atomic E-state index is 11.9. The van der Waals surface area contributed by atoms with E-state index >= 15 is 0 Å². The fourth-order valence-corrected chi connectivity index (χ4v) is 1.94. The van der Waals surface area contributed by atoms with Crippen LogP contribution < -0.4 is 5.32 Å². The lowest BCUT2D eigenvalue weighted by Crippen LogP contribution is -2.35. The van der Waals surface area contributed by atoms with Crippen molar-refractivity contribution in [1.82, 2.24) is 5.32 Å². The average Bonchev–Trinajstić information content (AvgIpc) is 2.11. The van der Waals surface area contributed by atoms with Gasteiger partial charge in [-0.15, -0.1) is 0 Å². The van der Waals surface area contributed by atoms with Crippen molar-refractivity contribution in [3.8, 4) is 0 Å². The summed E-state index contributed by atoms with van der Waals surface area (Å²) >= 11 is 0. The molecule has 0 aromatic rings. The van der Waals surface area contributed by atoms with Gasteiger partial charge in [-0.25, -0.2) is 4.79 Å². The van der Waals surface area contributed by atoms with Gasteiger partial charge in [0.1, 0.15) is 11.4 Å². The van der Waals surface area contributed by atoms with Crippen molar-refractivity contribution in [2.24, 2.45) is 11.8 Å². The van der Waals surface area contributed by atoms with Crippen molar-refractivity contribution in [1.29, 1.82) is 0 Å². The first-order chi connectivity index (χ1) is 8.29. The Morgan fingerprint density at radius 2 is 1.94 bits per heavy atom. The van der Waals surface area contributed by atoms with Crippen LogP contribution in [0.5, 0.6) is 0 Å². The van der Waals surface area contributed by atoms with E-state index in [-0.39, 0.29) is 11.8 Å². The fraction of sp³-hybridized carbons (Fsp3) is 0.857. The first-order valence-corrected chi connectivity index (χ1v) is 6.80. The van der Waals surface area contributed by atoms with Crippen molar-refractivity contribution >= 4 is 11.9 Å². The van der Waals surface area contributed by atoms with Crippen LogP contribution in [0.4, 0.5) is 4.79 Å². The highest BCUT2D eigenvalue weighted by Crippen LogP contribution is 2.30. The Balaban J connectivity index is 2.16. The van der Waals surface area contributed by atoms with Crippen LogP contribution in [0.15, 0.2) is 0 Å². The smallest absolute Gasteiger partial charge is 0.407 e. The number of Topliss-reactive ketones (excluding diaryl/α,β-unsaturated/α-hetero) is 1. The van der Waals surface area contributed by atoms with Crippen molar-refractivity contribution in [3.63, 3.8) is 0 Å². The van der Waals surface area contributed by atoms with Gasteiger partial charge in [-0.05, 0) is 40.0 Å². The SMILES string of the molecule is CC(CCNC(=O)OC(C)(C)C)C(=O)C1CCC1. The van der Waals surface area contributed by atoms with Crippen LogP contribution in [0.1, 0.15) is 53.4 Å². The van der Waals surface area contributed by atoms with E-state index in [0.29, 0.717) is 18.7 Å². The minimum Gasteiger partial charge on any atom is -0.444 e. The lowest BCUT2D eigenvalue weighted by molar-refractivity contribution is -0.128. The van der Waals surface area contributed by atoms with Gasteiger partial charge in [-0.1, -0.05) is 13.3 Å². The van der Waals surface area contributed by atoms with Gasteiger partial charge in [0.2, 0.25) is 0 Å². The molecule has 1 saturated carbocycles. The molecule has 1 unspecified atom stereocenters. The van der Waals surface area contributed by atoms with E-state index in [4.69, 9.17) is 4.74 Å². The van der Waals surface area contributed by atoms with Gasteiger partial charge in [0.05, 0.1) is 0 Å². The summed E-state index contributed by atoms with van der Waals surface area (Å²) in [7, 11) is 0. The molecule has 0 aromatic carbocycles.